The van der Waals surface area contributed by atoms with Crippen LogP contribution in [0.15, 0.2) is 18.2 Å². The molecule has 0 saturated heterocycles. The molecule has 4 heteroatoms. The number of nitrogens with zero attached hydrogens (tertiary/aromatic N) is 1. The molecule has 0 unspecified atom stereocenters. The number of carbonyl (C=O) groups excluding carboxylic acids is 1. The largest absolute Gasteiger partial charge is 0.497 e. The van der Waals surface area contributed by atoms with Crippen LogP contribution in [0.4, 0.5) is 5.69 Å². The zero-order valence-electron chi connectivity index (χ0n) is 12.6. The zero-order valence-corrected chi connectivity index (χ0v) is 12.6. The number of carbonyl (C=O) groups is 1. The Morgan fingerprint density at radius 2 is 2.15 bits per heavy atom. The molecular weight excluding hydrogens is 252 g/mol. The van der Waals surface area contributed by atoms with Gasteiger partial charge in [0.25, 0.3) is 5.91 Å². The average molecular weight is 276 g/mol. The molecule has 0 aliphatic heterocycles. The molecule has 110 valence electrons. The molecule has 1 aliphatic rings. The fourth-order valence-corrected chi connectivity index (χ4v) is 2.24. The molecule has 1 aromatic carbocycles. The van der Waals surface area contributed by atoms with Crippen LogP contribution in [-0.2, 0) is 0 Å². The van der Waals surface area contributed by atoms with Gasteiger partial charge >= 0.3 is 0 Å². The number of ether oxygens (including phenoxy) is 1. The van der Waals surface area contributed by atoms with Crippen molar-refractivity contribution < 1.29 is 9.53 Å². The second kappa shape index (κ2) is 6.16. The number of amides is 1. The van der Waals surface area contributed by atoms with E-state index in [4.69, 9.17) is 10.5 Å². The highest BCUT2D eigenvalue weighted by Crippen LogP contribution is 2.30. The second-order valence-electron chi connectivity index (χ2n) is 5.87. The molecule has 0 heterocycles. The van der Waals surface area contributed by atoms with Gasteiger partial charge in [-0.2, -0.15) is 0 Å². The Labute approximate surface area is 120 Å². The molecular formula is C16H24N2O2. The molecule has 1 fully saturated rings. The van der Waals surface area contributed by atoms with Gasteiger partial charge in [-0.3, -0.25) is 4.79 Å². The van der Waals surface area contributed by atoms with Gasteiger partial charge in [0.1, 0.15) is 5.75 Å². The van der Waals surface area contributed by atoms with Crippen LogP contribution in [-0.4, -0.2) is 30.5 Å². The van der Waals surface area contributed by atoms with Gasteiger partial charge in [-0.15, -0.1) is 0 Å². The molecule has 0 radical (unpaired) electrons. The lowest BCUT2D eigenvalue weighted by Gasteiger charge is -2.24. The SMILES string of the molecule is COc1ccc(N)c(C(=O)N(CCC(C)C)C2CC2)c1. The normalized spacial score (nSPS) is 14.4. The highest BCUT2D eigenvalue weighted by Gasteiger charge is 2.33. The van der Waals surface area contributed by atoms with Crippen LogP contribution in [0.5, 0.6) is 5.75 Å². The van der Waals surface area contributed by atoms with Gasteiger partial charge in [0, 0.05) is 18.3 Å². The summed E-state index contributed by atoms with van der Waals surface area (Å²) in [4.78, 5) is 14.7. The van der Waals surface area contributed by atoms with Gasteiger partial charge in [-0.25, -0.2) is 0 Å². The molecule has 2 rings (SSSR count). The Morgan fingerprint density at radius 1 is 1.45 bits per heavy atom. The van der Waals surface area contributed by atoms with E-state index in [1.54, 1.807) is 25.3 Å². The van der Waals surface area contributed by atoms with Crippen LogP contribution in [0.25, 0.3) is 0 Å². The molecule has 1 amide bonds. The number of nitrogens with two attached hydrogens (primary N) is 1. The first-order valence-corrected chi connectivity index (χ1v) is 7.27. The number of hydrogen-bond acceptors (Lipinski definition) is 3. The lowest BCUT2D eigenvalue weighted by molar-refractivity contribution is 0.0736. The minimum Gasteiger partial charge on any atom is -0.497 e. The molecule has 1 aromatic rings. The third kappa shape index (κ3) is 3.44. The van der Waals surface area contributed by atoms with Crippen molar-refractivity contribution in [3.05, 3.63) is 23.8 Å². The van der Waals surface area contributed by atoms with Crippen LogP contribution in [0, 0.1) is 5.92 Å². The second-order valence-corrected chi connectivity index (χ2v) is 5.87. The van der Waals surface area contributed by atoms with Crippen LogP contribution in [0.2, 0.25) is 0 Å². The molecule has 4 nitrogen and oxygen atoms in total. The third-order valence-electron chi connectivity index (χ3n) is 3.69. The highest BCUT2D eigenvalue weighted by atomic mass is 16.5. The first-order valence-electron chi connectivity index (χ1n) is 7.27. The van der Waals surface area contributed by atoms with Crippen molar-refractivity contribution in [1.82, 2.24) is 4.90 Å². The van der Waals surface area contributed by atoms with Gasteiger partial charge in [0.2, 0.25) is 0 Å². The van der Waals surface area contributed by atoms with E-state index in [0.717, 1.165) is 25.8 Å². The number of benzene rings is 1. The topological polar surface area (TPSA) is 55.6 Å². The molecule has 0 atom stereocenters. The molecule has 0 spiro atoms. The number of rotatable bonds is 6. The van der Waals surface area contributed by atoms with Crippen molar-refractivity contribution >= 4 is 11.6 Å². The van der Waals surface area contributed by atoms with Gasteiger partial charge in [-0.05, 0) is 43.4 Å². The van der Waals surface area contributed by atoms with E-state index in [-0.39, 0.29) is 5.91 Å². The molecule has 0 bridgehead atoms. The summed E-state index contributed by atoms with van der Waals surface area (Å²) in [5, 5.41) is 0. The maximum absolute atomic E-state index is 12.7. The maximum atomic E-state index is 12.7. The van der Waals surface area contributed by atoms with Crippen molar-refractivity contribution in [2.75, 3.05) is 19.4 Å². The van der Waals surface area contributed by atoms with Crippen molar-refractivity contribution in [2.45, 2.75) is 39.2 Å². The Morgan fingerprint density at radius 3 is 2.70 bits per heavy atom. The van der Waals surface area contributed by atoms with Gasteiger partial charge in [0.15, 0.2) is 0 Å². The molecule has 0 aromatic heterocycles. The highest BCUT2D eigenvalue weighted by molar-refractivity contribution is 5.99. The van der Waals surface area contributed by atoms with Crippen LogP contribution >= 0.6 is 0 Å². The summed E-state index contributed by atoms with van der Waals surface area (Å²) < 4.78 is 5.19. The Balaban J connectivity index is 2.18. The van der Waals surface area contributed by atoms with Crippen LogP contribution in [0.3, 0.4) is 0 Å². The predicted octanol–water partition coefficient (Wildman–Crippen LogP) is 2.93. The monoisotopic (exact) mass is 276 g/mol. The summed E-state index contributed by atoms with van der Waals surface area (Å²) in [7, 11) is 1.59. The fourth-order valence-electron chi connectivity index (χ4n) is 2.24. The van der Waals surface area contributed by atoms with E-state index >= 15 is 0 Å². The van der Waals surface area contributed by atoms with Gasteiger partial charge in [-0.1, -0.05) is 13.8 Å². The van der Waals surface area contributed by atoms with Crippen LogP contribution < -0.4 is 10.5 Å². The summed E-state index contributed by atoms with van der Waals surface area (Å²) in [6.45, 7) is 5.16. The minimum absolute atomic E-state index is 0.0320. The Kier molecular flexibility index (Phi) is 4.53. The molecule has 1 saturated carbocycles. The first-order chi connectivity index (χ1) is 9.52. The summed E-state index contributed by atoms with van der Waals surface area (Å²) in [6.07, 6.45) is 3.23. The number of hydrogen-bond donors (Lipinski definition) is 1. The fraction of sp³-hybridized carbons (Fsp3) is 0.562. The molecule has 20 heavy (non-hydrogen) atoms. The quantitative estimate of drug-likeness (QED) is 0.813. The number of nitrogen functional groups attached to an aromatic ring is 1. The van der Waals surface area contributed by atoms with Crippen molar-refractivity contribution in [3.8, 4) is 5.75 Å². The van der Waals surface area contributed by atoms with E-state index < -0.39 is 0 Å². The smallest absolute Gasteiger partial charge is 0.256 e. The van der Waals surface area contributed by atoms with E-state index in [1.165, 1.54) is 0 Å². The zero-order chi connectivity index (χ0) is 14.7. The van der Waals surface area contributed by atoms with E-state index in [2.05, 4.69) is 13.8 Å². The lowest BCUT2D eigenvalue weighted by atomic mass is 10.1. The van der Waals surface area contributed by atoms with Crippen molar-refractivity contribution in [3.63, 3.8) is 0 Å². The van der Waals surface area contributed by atoms with Crippen molar-refractivity contribution in [2.24, 2.45) is 5.92 Å². The number of methoxy groups -OCH3 is 1. The predicted molar refractivity (Wildman–Crippen MR) is 80.9 cm³/mol. The molecule has 2 N–H and O–H groups in total. The first kappa shape index (κ1) is 14.7. The van der Waals surface area contributed by atoms with Crippen LogP contribution in [0.1, 0.15) is 43.5 Å². The lowest BCUT2D eigenvalue weighted by Crippen LogP contribution is -2.35. The van der Waals surface area contributed by atoms with Gasteiger partial charge in [0.05, 0.1) is 12.7 Å². The third-order valence-corrected chi connectivity index (χ3v) is 3.69. The Bertz CT molecular complexity index is 481. The van der Waals surface area contributed by atoms with E-state index in [9.17, 15) is 4.79 Å². The van der Waals surface area contributed by atoms with E-state index in [0.29, 0.717) is 29.0 Å². The van der Waals surface area contributed by atoms with Crippen molar-refractivity contribution in [1.29, 1.82) is 0 Å². The Hall–Kier alpha value is -1.71. The average Bonchev–Trinajstić information content (AvgIpc) is 3.23. The summed E-state index contributed by atoms with van der Waals surface area (Å²) in [6, 6.07) is 5.65. The minimum atomic E-state index is 0.0320. The maximum Gasteiger partial charge on any atom is 0.256 e. The summed E-state index contributed by atoms with van der Waals surface area (Å²) in [5.74, 6) is 1.29. The summed E-state index contributed by atoms with van der Waals surface area (Å²) >= 11 is 0. The molecule has 1 aliphatic carbocycles. The van der Waals surface area contributed by atoms with Gasteiger partial charge < -0.3 is 15.4 Å². The standard InChI is InChI=1S/C16H24N2O2/c1-11(2)8-9-18(12-4-5-12)16(19)14-10-13(20-3)6-7-15(14)17/h6-7,10-12H,4-5,8-9,17H2,1-3H3. The summed E-state index contributed by atoms with van der Waals surface area (Å²) in [5.41, 5.74) is 7.03. The number of anilines is 1. The van der Waals surface area contributed by atoms with E-state index in [1.807, 2.05) is 4.90 Å².